The zero-order chi connectivity index (χ0) is 19.4. The zero-order valence-electron chi connectivity index (χ0n) is 15.0. The highest BCUT2D eigenvalue weighted by Gasteiger charge is 2.15. The van der Waals surface area contributed by atoms with Gasteiger partial charge in [0.25, 0.3) is 11.5 Å². The summed E-state index contributed by atoms with van der Waals surface area (Å²) < 4.78 is 6.78. The van der Waals surface area contributed by atoms with Gasteiger partial charge in [0.1, 0.15) is 11.3 Å². The molecule has 0 atom stereocenters. The average Bonchev–Trinajstić information content (AvgIpc) is 2.67. The van der Waals surface area contributed by atoms with Gasteiger partial charge >= 0.3 is 0 Å². The van der Waals surface area contributed by atoms with Crippen molar-refractivity contribution in [1.82, 2.24) is 4.57 Å². The second-order valence-electron chi connectivity index (χ2n) is 6.10. The molecule has 0 saturated heterocycles. The predicted molar refractivity (Wildman–Crippen MR) is 107 cm³/mol. The Bertz CT molecular complexity index is 1030. The molecule has 0 bridgehead atoms. The first-order chi connectivity index (χ1) is 13.0. The molecule has 3 rings (SSSR count). The van der Waals surface area contributed by atoms with Gasteiger partial charge in [0.15, 0.2) is 0 Å². The molecule has 0 radical (unpaired) electrons. The summed E-state index contributed by atoms with van der Waals surface area (Å²) in [6, 6.07) is 16.1. The molecular weight excluding hydrogens is 364 g/mol. The Morgan fingerprint density at radius 2 is 1.89 bits per heavy atom. The van der Waals surface area contributed by atoms with E-state index in [2.05, 4.69) is 5.32 Å². The maximum absolute atomic E-state index is 12.7. The molecule has 0 aliphatic heterocycles. The van der Waals surface area contributed by atoms with Crippen LogP contribution in [0.15, 0.2) is 65.6 Å². The number of aromatic nitrogens is 1. The van der Waals surface area contributed by atoms with Crippen LogP contribution < -0.4 is 15.6 Å². The van der Waals surface area contributed by atoms with Crippen molar-refractivity contribution in [3.05, 3.63) is 92.9 Å². The molecule has 27 heavy (non-hydrogen) atoms. The minimum absolute atomic E-state index is 0.0584. The third-order valence-electron chi connectivity index (χ3n) is 4.19. The van der Waals surface area contributed by atoms with Crippen LogP contribution in [0.1, 0.15) is 21.5 Å². The number of amides is 1. The first-order valence-electron chi connectivity index (χ1n) is 8.38. The molecule has 0 spiro atoms. The van der Waals surface area contributed by atoms with Crippen LogP contribution in [0.25, 0.3) is 0 Å². The number of carbonyl (C=O) groups is 1. The number of halogens is 1. The van der Waals surface area contributed by atoms with Gasteiger partial charge in [0.05, 0.1) is 19.3 Å². The number of aryl methyl sites for hydroxylation is 1. The summed E-state index contributed by atoms with van der Waals surface area (Å²) in [7, 11) is 1.49. The van der Waals surface area contributed by atoms with E-state index in [-0.39, 0.29) is 11.1 Å². The van der Waals surface area contributed by atoms with E-state index in [1.165, 1.54) is 17.7 Å². The van der Waals surface area contributed by atoms with Gasteiger partial charge in [-0.3, -0.25) is 9.59 Å². The van der Waals surface area contributed by atoms with Crippen molar-refractivity contribution in [2.75, 3.05) is 12.4 Å². The lowest BCUT2D eigenvalue weighted by Crippen LogP contribution is -2.29. The van der Waals surface area contributed by atoms with Gasteiger partial charge < -0.3 is 14.6 Å². The number of benzene rings is 2. The predicted octanol–water partition coefficient (Wildman–Crippen LogP) is 4.12. The second kappa shape index (κ2) is 8.10. The second-order valence-corrected chi connectivity index (χ2v) is 6.50. The lowest BCUT2D eigenvalue weighted by atomic mass is 10.2. The van der Waals surface area contributed by atoms with E-state index in [1.807, 2.05) is 37.3 Å². The quantitative estimate of drug-likeness (QED) is 0.722. The molecule has 3 aromatic rings. The van der Waals surface area contributed by atoms with Gasteiger partial charge in [0, 0.05) is 17.3 Å². The average molecular weight is 383 g/mol. The summed E-state index contributed by atoms with van der Waals surface area (Å²) >= 11 is 6.10. The molecule has 0 saturated carbocycles. The lowest BCUT2D eigenvalue weighted by molar-refractivity contribution is 0.102. The Morgan fingerprint density at radius 1 is 1.15 bits per heavy atom. The first kappa shape index (κ1) is 18.7. The molecule has 0 unspecified atom stereocenters. The molecule has 2 aromatic carbocycles. The third-order valence-corrected chi connectivity index (χ3v) is 4.60. The van der Waals surface area contributed by atoms with Crippen LogP contribution in [0, 0.1) is 6.92 Å². The van der Waals surface area contributed by atoms with Gasteiger partial charge in [-0.1, -0.05) is 41.9 Å². The Hall–Kier alpha value is -3.05. The molecule has 138 valence electrons. The Kier molecular flexibility index (Phi) is 5.62. The van der Waals surface area contributed by atoms with Crippen molar-refractivity contribution in [3.63, 3.8) is 0 Å². The fraction of sp³-hybridized carbons (Fsp3) is 0.143. The van der Waals surface area contributed by atoms with E-state index in [1.54, 1.807) is 24.4 Å². The maximum Gasteiger partial charge on any atom is 0.263 e. The molecule has 0 fully saturated rings. The SMILES string of the molecule is COc1cc(Cl)c(C)cc1NC(=O)c1cccn(Cc2ccccc2)c1=O. The summed E-state index contributed by atoms with van der Waals surface area (Å²) in [6.07, 6.45) is 1.67. The Balaban J connectivity index is 1.89. The standard InChI is InChI=1S/C21H19ClN2O3/c1-14-11-18(19(27-2)12-17(14)22)23-20(25)16-9-6-10-24(21(16)26)13-15-7-4-3-5-8-15/h3-12H,13H2,1-2H3,(H,23,25). The van der Waals surface area contributed by atoms with Crippen LogP contribution in [0.4, 0.5) is 5.69 Å². The highest BCUT2D eigenvalue weighted by Crippen LogP contribution is 2.31. The summed E-state index contributed by atoms with van der Waals surface area (Å²) in [5, 5.41) is 3.28. The molecule has 1 amide bonds. The van der Waals surface area contributed by atoms with Crippen LogP contribution in [0.5, 0.6) is 5.75 Å². The summed E-state index contributed by atoms with van der Waals surface area (Å²) in [5.41, 5.74) is 1.93. The third kappa shape index (κ3) is 4.20. The van der Waals surface area contributed by atoms with Crippen molar-refractivity contribution in [1.29, 1.82) is 0 Å². The van der Waals surface area contributed by atoms with Crippen LogP contribution in [0.2, 0.25) is 5.02 Å². The Morgan fingerprint density at radius 3 is 2.59 bits per heavy atom. The first-order valence-corrected chi connectivity index (χ1v) is 8.76. The van der Waals surface area contributed by atoms with Crippen LogP contribution in [-0.4, -0.2) is 17.6 Å². The van der Waals surface area contributed by atoms with Crippen LogP contribution >= 0.6 is 11.6 Å². The summed E-state index contributed by atoms with van der Waals surface area (Å²) in [4.78, 5) is 25.4. The van der Waals surface area contributed by atoms with Crippen molar-refractivity contribution in [3.8, 4) is 5.75 Å². The number of hydrogen-bond acceptors (Lipinski definition) is 3. The number of pyridine rings is 1. The number of methoxy groups -OCH3 is 1. The molecular formula is C21H19ClN2O3. The monoisotopic (exact) mass is 382 g/mol. The highest BCUT2D eigenvalue weighted by molar-refractivity contribution is 6.31. The van der Waals surface area contributed by atoms with Crippen molar-refractivity contribution >= 4 is 23.2 Å². The molecule has 1 heterocycles. The minimum Gasteiger partial charge on any atom is -0.495 e. The number of anilines is 1. The topological polar surface area (TPSA) is 60.3 Å². The summed E-state index contributed by atoms with van der Waals surface area (Å²) in [6.45, 7) is 2.22. The van der Waals surface area contributed by atoms with Crippen LogP contribution in [-0.2, 0) is 6.54 Å². The van der Waals surface area contributed by atoms with Crippen molar-refractivity contribution < 1.29 is 9.53 Å². The zero-order valence-corrected chi connectivity index (χ0v) is 15.8. The normalized spacial score (nSPS) is 10.5. The van der Waals surface area contributed by atoms with Gasteiger partial charge in [-0.15, -0.1) is 0 Å². The van der Waals surface area contributed by atoms with Crippen LogP contribution in [0.3, 0.4) is 0 Å². The number of nitrogens with zero attached hydrogens (tertiary/aromatic N) is 1. The molecule has 1 aromatic heterocycles. The maximum atomic E-state index is 12.7. The number of ether oxygens (including phenoxy) is 1. The van der Waals surface area contributed by atoms with E-state index in [4.69, 9.17) is 16.3 Å². The van der Waals surface area contributed by atoms with Gasteiger partial charge in [-0.25, -0.2) is 0 Å². The number of rotatable bonds is 5. The molecule has 6 heteroatoms. The minimum atomic E-state index is -0.498. The highest BCUT2D eigenvalue weighted by atomic mass is 35.5. The largest absolute Gasteiger partial charge is 0.495 e. The smallest absolute Gasteiger partial charge is 0.263 e. The fourth-order valence-corrected chi connectivity index (χ4v) is 2.89. The Labute approximate surface area is 162 Å². The van der Waals surface area contributed by atoms with Crippen molar-refractivity contribution in [2.45, 2.75) is 13.5 Å². The number of carbonyl (C=O) groups excluding carboxylic acids is 1. The van der Waals surface area contributed by atoms with Gasteiger partial charge in [-0.05, 0) is 36.2 Å². The van der Waals surface area contributed by atoms with E-state index < -0.39 is 5.91 Å². The molecule has 0 aliphatic carbocycles. The van der Waals surface area contributed by atoms with E-state index in [0.29, 0.717) is 23.0 Å². The molecule has 1 N–H and O–H groups in total. The molecule has 0 aliphatic rings. The lowest BCUT2D eigenvalue weighted by Gasteiger charge is -2.13. The van der Waals surface area contributed by atoms with E-state index in [9.17, 15) is 9.59 Å². The van der Waals surface area contributed by atoms with Gasteiger partial charge in [0.2, 0.25) is 0 Å². The van der Waals surface area contributed by atoms with Crippen molar-refractivity contribution in [2.24, 2.45) is 0 Å². The van der Waals surface area contributed by atoms with E-state index in [0.717, 1.165) is 11.1 Å². The van der Waals surface area contributed by atoms with E-state index >= 15 is 0 Å². The summed E-state index contributed by atoms with van der Waals surface area (Å²) in [5.74, 6) is -0.0677. The van der Waals surface area contributed by atoms with Gasteiger partial charge in [-0.2, -0.15) is 0 Å². The molecule has 5 nitrogen and oxygen atoms in total. The number of nitrogens with one attached hydrogen (secondary N) is 1. The number of hydrogen-bond donors (Lipinski definition) is 1. The fourth-order valence-electron chi connectivity index (χ4n) is 2.73.